The van der Waals surface area contributed by atoms with Crippen molar-refractivity contribution in [1.29, 1.82) is 5.26 Å². The fraction of sp³-hybridized carbons (Fsp3) is 0.200. The van der Waals surface area contributed by atoms with Crippen LogP contribution >= 0.6 is 0 Å². The third kappa shape index (κ3) is 2.41. The molecule has 1 heterocycles. The molecule has 1 aliphatic rings. The van der Waals surface area contributed by atoms with Crippen molar-refractivity contribution in [3.05, 3.63) is 51.6 Å². The lowest BCUT2D eigenvalue weighted by atomic mass is 10.0. The molecule has 0 saturated heterocycles. The van der Waals surface area contributed by atoms with E-state index in [1.165, 1.54) is 12.1 Å². The maximum atomic E-state index is 10.7. The first kappa shape index (κ1) is 13.1. The molecule has 1 fully saturated rings. The van der Waals surface area contributed by atoms with Crippen molar-refractivity contribution < 1.29 is 4.92 Å². The zero-order valence-corrected chi connectivity index (χ0v) is 11.1. The van der Waals surface area contributed by atoms with Crippen LogP contribution in [-0.2, 0) is 0 Å². The second-order valence-electron chi connectivity index (χ2n) is 5.05. The number of anilines is 1. The Hall–Kier alpha value is -2.94. The van der Waals surface area contributed by atoms with E-state index in [0.717, 1.165) is 24.0 Å². The average molecular weight is 280 g/mol. The van der Waals surface area contributed by atoms with Crippen LogP contribution in [0.4, 0.5) is 11.5 Å². The molecule has 1 saturated carbocycles. The normalized spacial score (nSPS) is 13.7. The zero-order valence-electron chi connectivity index (χ0n) is 11.1. The van der Waals surface area contributed by atoms with E-state index in [0.29, 0.717) is 17.2 Å². The van der Waals surface area contributed by atoms with E-state index in [4.69, 9.17) is 5.73 Å². The lowest BCUT2D eigenvalue weighted by Crippen LogP contribution is -2.01. The molecule has 1 aromatic heterocycles. The number of benzene rings is 1. The molecule has 21 heavy (non-hydrogen) atoms. The molecule has 3 rings (SSSR count). The van der Waals surface area contributed by atoms with Crippen LogP contribution in [0, 0.1) is 21.4 Å². The number of nitrogen functional groups attached to an aromatic ring is 1. The summed E-state index contributed by atoms with van der Waals surface area (Å²) in [5, 5.41) is 19.9. The van der Waals surface area contributed by atoms with Crippen molar-refractivity contribution in [2.75, 3.05) is 5.73 Å². The van der Waals surface area contributed by atoms with Gasteiger partial charge in [0.05, 0.1) is 16.2 Å². The number of nitro groups is 1. The Morgan fingerprint density at radius 1 is 1.33 bits per heavy atom. The van der Waals surface area contributed by atoms with Gasteiger partial charge in [0.1, 0.15) is 11.9 Å². The van der Waals surface area contributed by atoms with E-state index in [-0.39, 0.29) is 11.5 Å². The molecule has 1 aliphatic carbocycles. The smallest absolute Gasteiger partial charge is 0.269 e. The van der Waals surface area contributed by atoms with Gasteiger partial charge in [-0.25, -0.2) is 4.98 Å². The van der Waals surface area contributed by atoms with Crippen molar-refractivity contribution in [3.63, 3.8) is 0 Å². The average Bonchev–Trinajstić information content (AvgIpc) is 3.31. The Labute approximate surface area is 121 Å². The standard InChI is InChI=1S/C15H12N4O2/c16-8-13-12(9-1-2-9)7-14(18-15(13)17)10-3-5-11(6-4-10)19(20)21/h3-7,9H,1-2H2,(H2,17,18). The zero-order chi connectivity index (χ0) is 15.0. The van der Waals surface area contributed by atoms with E-state index in [9.17, 15) is 15.4 Å². The van der Waals surface area contributed by atoms with E-state index in [1.807, 2.05) is 6.07 Å². The third-order valence-corrected chi connectivity index (χ3v) is 3.58. The summed E-state index contributed by atoms with van der Waals surface area (Å²) in [6.07, 6.45) is 2.11. The fourth-order valence-electron chi connectivity index (χ4n) is 2.33. The SMILES string of the molecule is N#Cc1c(C2CC2)cc(-c2ccc([N+](=O)[O-])cc2)nc1N. The monoisotopic (exact) mass is 280 g/mol. The van der Waals surface area contributed by atoms with Crippen LogP contribution in [-0.4, -0.2) is 9.91 Å². The van der Waals surface area contributed by atoms with Gasteiger partial charge in [-0.1, -0.05) is 0 Å². The van der Waals surface area contributed by atoms with Crippen LogP contribution in [0.15, 0.2) is 30.3 Å². The predicted molar refractivity (Wildman–Crippen MR) is 77.4 cm³/mol. The predicted octanol–water partition coefficient (Wildman–Crippen LogP) is 2.99. The van der Waals surface area contributed by atoms with Gasteiger partial charge in [0.2, 0.25) is 0 Å². The molecule has 0 radical (unpaired) electrons. The van der Waals surface area contributed by atoms with Crippen LogP contribution in [0.25, 0.3) is 11.3 Å². The summed E-state index contributed by atoms with van der Waals surface area (Å²) in [5.74, 6) is 0.594. The quantitative estimate of drug-likeness (QED) is 0.687. The van der Waals surface area contributed by atoms with Gasteiger partial charge in [-0.2, -0.15) is 5.26 Å². The maximum absolute atomic E-state index is 10.7. The minimum Gasteiger partial charge on any atom is -0.383 e. The molecule has 6 nitrogen and oxygen atoms in total. The summed E-state index contributed by atoms with van der Waals surface area (Å²) in [6, 6.07) is 10.1. The first-order valence-electron chi connectivity index (χ1n) is 6.55. The molecule has 0 atom stereocenters. The molecule has 0 spiro atoms. The summed E-state index contributed by atoms with van der Waals surface area (Å²) >= 11 is 0. The number of nitriles is 1. The van der Waals surface area contributed by atoms with Crippen molar-refractivity contribution >= 4 is 11.5 Å². The number of rotatable bonds is 3. The Morgan fingerprint density at radius 3 is 2.52 bits per heavy atom. The van der Waals surface area contributed by atoms with E-state index in [1.54, 1.807) is 12.1 Å². The molecule has 1 aromatic carbocycles. The van der Waals surface area contributed by atoms with Crippen LogP contribution in [0.1, 0.15) is 29.9 Å². The third-order valence-electron chi connectivity index (χ3n) is 3.58. The number of hydrogen-bond acceptors (Lipinski definition) is 5. The Balaban J connectivity index is 2.06. The molecule has 0 aliphatic heterocycles. The minimum atomic E-state index is -0.444. The highest BCUT2D eigenvalue weighted by Crippen LogP contribution is 2.43. The lowest BCUT2D eigenvalue weighted by molar-refractivity contribution is -0.384. The molecule has 0 bridgehead atoms. The number of nitrogens with two attached hydrogens (primary N) is 1. The summed E-state index contributed by atoms with van der Waals surface area (Å²) in [4.78, 5) is 14.5. The molecule has 104 valence electrons. The number of pyridine rings is 1. The molecule has 6 heteroatoms. The van der Waals surface area contributed by atoms with E-state index in [2.05, 4.69) is 11.1 Å². The number of non-ortho nitro benzene ring substituents is 1. The highest BCUT2D eigenvalue weighted by Gasteiger charge is 2.28. The van der Waals surface area contributed by atoms with Gasteiger partial charge in [0.15, 0.2) is 0 Å². The first-order chi connectivity index (χ1) is 10.1. The second kappa shape index (κ2) is 4.87. The largest absolute Gasteiger partial charge is 0.383 e. The molecular formula is C15H12N4O2. The number of aromatic nitrogens is 1. The van der Waals surface area contributed by atoms with Gasteiger partial charge < -0.3 is 5.73 Å². The van der Waals surface area contributed by atoms with E-state index >= 15 is 0 Å². The molecule has 2 aromatic rings. The lowest BCUT2D eigenvalue weighted by Gasteiger charge is -2.09. The van der Waals surface area contributed by atoms with Gasteiger partial charge in [-0.15, -0.1) is 0 Å². The molecule has 0 unspecified atom stereocenters. The van der Waals surface area contributed by atoms with Gasteiger partial charge in [0, 0.05) is 17.7 Å². The molecular weight excluding hydrogens is 268 g/mol. The number of nitrogens with zero attached hydrogens (tertiary/aromatic N) is 3. The fourth-order valence-corrected chi connectivity index (χ4v) is 2.33. The Morgan fingerprint density at radius 2 is 2.00 bits per heavy atom. The molecule has 2 N–H and O–H groups in total. The highest BCUT2D eigenvalue weighted by molar-refractivity contribution is 5.68. The van der Waals surface area contributed by atoms with Crippen LogP contribution < -0.4 is 5.73 Å². The number of hydrogen-bond donors (Lipinski definition) is 1. The van der Waals surface area contributed by atoms with Crippen molar-refractivity contribution in [3.8, 4) is 17.3 Å². The summed E-state index contributed by atoms with van der Waals surface area (Å²) in [6.45, 7) is 0. The topological polar surface area (TPSA) is 106 Å². The second-order valence-corrected chi connectivity index (χ2v) is 5.05. The maximum Gasteiger partial charge on any atom is 0.269 e. The first-order valence-corrected chi connectivity index (χ1v) is 6.55. The van der Waals surface area contributed by atoms with Gasteiger partial charge in [-0.05, 0) is 42.5 Å². The van der Waals surface area contributed by atoms with Crippen LogP contribution in [0.2, 0.25) is 0 Å². The van der Waals surface area contributed by atoms with Crippen molar-refractivity contribution in [2.24, 2.45) is 0 Å². The van der Waals surface area contributed by atoms with Gasteiger partial charge >= 0.3 is 0 Å². The van der Waals surface area contributed by atoms with Crippen molar-refractivity contribution in [2.45, 2.75) is 18.8 Å². The molecule has 0 amide bonds. The highest BCUT2D eigenvalue weighted by atomic mass is 16.6. The van der Waals surface area contributed by atoms with Crippen LogP contribution in [0.5, 0.6) is 0 Å². The van der Waals surface area contributed by atoms with Gasteiger partial charge in [-0.3, -0.25) is 10.1 Å². The Kier molecular flexibility index (Phi) is 3.03. The summed E-state index contributed by atoms with van der Waals surface area (Å²) in [7, 11) is 0. The summed E-state index contributed by atoms with van der Waals surface area (Å²) < 4.78 is 0. The van der Waals surface area contributed by atoms with E-state index < -0.39 is 4.92 Å². The van der Waals surface area contributed by atoms with Crippen LogP contribution in [0.3, 0.4) is 0 Å². The van der Waals surface area contributed by atoms with Gasteiger partial charge in [0.25, 0.3) is 5.69 Å². The van der Waals surface area contributed by atoms with Crippen molar-refractivity contribution in [1.82, 2.24) is 4.98 Å². The summed E-state index contributed by atoms with van der Waals surface area (Å²) in [5.41, 5.74) is 8.67. The number of nitro benzene ring substituents is 1. The minimum absolute atomic E-state index is 0.0304. The Bertz CT molecular complexity index is 758.